The third-order valence-electron chi connectivity index (χ3n) is 3.88. The fourth-order valence-electron chi connectivity index (χ4n) is 2.49. The maximum atomic E-state index is 10.8. The highest BCUT2D eigenvalue weighted by Crippen LogP contribution is 2.37. The molecule has 116 valence electrons. The molecule has 0 bridgehead atoms. The van der Waals surface area contributed by atoms with Crippen LogP contribution in [0.25, 0.3) is 11.3 Å². The first kappa shape index (κ1) is 13.8. The van der Waals surface area contributed by atoms with Gasteiger partial charge in [-0.1, -0.05) is 11.2 Å². The van der Waals surface area contributed by atoms with Crippen LogP contribution >= 0.6 is 0 Å². The van der Waals surface area contributed by atoms with Crippen LogP contribution < -0.4 is 9.47 Å². The van der Waals surface area contributed by atoms with Crippen LogP contribution in [0.3, 0.4) is 0 Å². The first-order valence-electron chi connectivity index (χ1n) is 7.15. The van der Waals surface area contributed by atoms with Gasteiger partial charge in [-0.25, -0.2) is 0 Å². The van der Waals surface area contributed by atoms with Crippen molar-refractivity contribution in [2.75, 3.05) is 6.79 Å². The minimum Gasteiger partial charge on any atom is -0.454 e. The van der Waals surface area contributed by atoms with Crippen LogP contribution in [-0.2, 0) is 5.60 Å². The number of hydrogen-bond acceptors (Lipinski definition) is 6. The van der Waals surface area contributed by atoms with Gasteiger partial charge in [0.25, 0.3) is 0 Å². The van der Waals surface area contributed by atoms with E-state index in [0.29, 0.717) is 28.5 Å². The normalized spacial score (nSPS) is 15.4. The van der Waals surface area contributed by atoms with Gasteiger partial charge in [-0.2, -0.15) is 0 Å². The largest absolute Gasteiger partial charge is 0.454 e. The first-order chi connectivity index (χ1) is 11.1. The van der Waals surface area contributed by atoms with Gasteiger partial charge in [0.2, 0.25) is 6.79 Å². The molecule has 0 fully saturated rings. The van der Waals surface area contributed by atoms with Gasteiger partial charge in [0, 0.05) is 29.6 Å². The van der Waals surface area contributed by atoms with Gasteiger partial charge in [-0.3, -0.25) is 4.98 Å². The van der Waals surface area contributed by atoms with Crippen LogP contribution in [0.5, 0.6) is 11.5 Å². The zero-order chi connectivity index (χ0) is 15.9. The lowest BCUT2D eigenvalue weighted by atomic mass is 9.94. The van der Waals surface area contributed by atoms with Crippen molar-refractivity contribution in [2.24, 2.45) is 0 Å². The third kappa shape index (κ3) is 2.33. The molecule has 0 saturated carbocycles. The molecule has 1 N–H and O–H groups in total. The monoisotopic (exact) mass is 310 g/mol. The molecule has 23 heavy (non-hydrogen) atoms. The standard InChI is InChI=1S/C17H14N2O4/c1-17(20,12-3-2-6-18-9-12)16-8-13(19-23-16)11-4-5-14-15(7-11)22-10-21-14/h2-9,20H,10H2,1H3/t17-/m0/s1. The maximum Gasteiger partial charge on any atom is 0.231 e. The molecule has 1 atom stereocenters. The Bertz CT molecular complexity index is 843. The van der Waals surface area contributed by atoms with Gasteiger partial charge >= 0.3 is 0 Å². The third-order valence-corrected chi connectivity index (χ3v) is 3.88. The average molecular weight is 310 g/mol. The van der Waals surface area contributed by atoms with Gasteiger partial charge in [0.1, 0.15) is 11.3 Å². The molecule has 3 heterocycles. The molecule has 6 nitrogen and oxygen atoms in total. The topological polar surface area (TPSA) is 77.6 Å². The van der Waals surface area contributed by atoms with E-state index in [1.54, 1.807) is 37.5 Å². The Kier molecular flexibility index (Phi) is 3.06. The van der Waals surface area contributed by atoms with Crippen molar-refractivity contribution in [2.45, 2.75) is 12.5 Å². The fraction of sp³-hybridized carbons (Fsp3) is 0.176. The number of hydrogen-bond donors (Lipinski definition) is 1. The van der Waals surface area contributed by atoms with Crippen molar-refractivity contribution in [3.63, 3.8) is 0 Å². The molecular weight excluding hydrogens is 296 g/mol. The lowest BCUT2D eigenvalue weighted by molar-refractivity contribution is 0.0691. The summed E-state index contributed by atoms with van der Waals surface area (Å²) in [4.78, 5) is 4.03. The lowest BCUT2D eigenvalue weighted by Gasteiger charge is -2.19. The molecule has 0 saturated heterocycles. The lowest BCUT2D eigenvalue weighted by Crippen LogP contribution is -2.22. The minimum atomic E-state index is -1.31. The van der Waals surface area contributed by atoms with Gasteiger partial charge in [-0.15, -0.1) is 0 Å². The number of rotatable bonds is 3. The number of fused-ring (bicyclic) bond motifs is 1. The predicted molar refractivity (Wildman–Crippen MR) is 81.0 cm³/mol. The van der Waals surface area contributed by atoms with E-state index < -0.39 is 5.60 Å². The molecule has 3 aromatic rings. The Labute approximate surface area is 132 Å². The molecule has 0 amide bonds. The number of pyridine rings is 1. The van der Waals surface area contributed by atoms with E-state index >= 15 is 0 Å². The highest BCUT2D eigenvalue weighted by molar-refractivity contribution is 5.64. The van der Waals surface area contributed by atoms with Crippen LogP contribution in [0.1, 0.15) is 18.2 Å². The Morgan fingerprint density at radius 2 is 2.00 bits per heavy atom. The molecular formula is C17H14N2O4. The summed E-state index contributed by atoms with van der Waals surface area (Å²) < 4.78 is 16.0. The number of aromatic nitrogens is 2. The van der Waals surface area contributed by atoms with E-state index in [4.69, 9.17) is 14.0 Å². The Morgan fingerprint density at radius 3 is 2.83 bits per heavy atom. The van der Waals surface area contributed by atoms with Crippen molar-refractivity contribution >= 4 is 0 Å². The van der Waals surface area contributed by atoms with Crippen LogP contribution in [0.4, 0.5) is 0 Å². The highest BCUT2D eigenvalue weighted by Gasteiger charge is 2.31. The summed E-state index contributed by atoms with van der Waals surface area (Å²) in [5.74, 6) is 1.73. The van der Waals surface area contributed by atoms with Gasteiger partial charge in [0.05, 0.1) is 0 Å². The molecule has 1 aromatic carbocycles. The van der Waals surface area contributed by atoms with Crippen LogP contribution in [0, 0.1) is 0 Å². The molecule has 0 spiro atoms. The van der Waals surface area contributed by atoms with E-state index in [2.05, 4.69) is 10.1 Å². The molecule has 4 rings (SSSR count). The number of aliphatic hydroxyl groups is 1. The molecule has 0 unspecified atom stereocenters. The molecule has 2 aromatic heterocycles. The molecule has 1 aliphatic rings. The van der Waals surface area contributed by atoms with Crippen molar-refractivity contribution in [3.8, 4) is 22.8 Å². The Hall–Kier alpha value is -2.86. The summed E-state index contributed by atoms with van der Waals surface area (Å²) in [6, 6.07) is 10.8. The SMILES string of the molecule is C[C@](O)(c1cccnc1)c1cc(-c2ccc3c(c2)OCO3)no1. The fourth-order valence-corrected chi connectivity index (χ4v) is 2.49. The maximum absolute atomic E-state index is 10.8. The van der Waals surface area contributed by atoms with Crippen molar-refractivity contribution in [1.82, 2.24) is 10.1 Å². The van der Waals surface area contributed by atoms with E-state index in [1.165, 1.54) is 0 Å². The predicted octanol–water partition coefficient (Wildman–Crippen LogP) is 2.72. The molecule has 6 heteroatoms. The molecule has 1 aliphatic heterocycles. The quantitative estimate of drug-likeness (QED) is 0.801. The molecule has 0 radical (unpaired) electrons. The summed E-state index contributed by atoms with van der Waals surface area (Å²) in [5, 5.41) is 14.8. The van der Waals surface area contributed by atoms with Crippen molar-refractivity contribution < 1.29 is 19.1 Å². The zero-order valence-corrected chi connectivity index (χ0v) is 12.4. The second-order valence-electron chi connectivity index (χ2n) is 5.46. The van der Waals surface area contributed by atoms with Crippen molar-refractivity contribution in [3.05, 3.63) is 60.1 Å². The van der Waals surface area contributed by atoms with Crippen molar-refractivity contribution in [1.29, 1.82) is 0 Å². The van der Waals surface area contributed by atoms with E-state index in [0.717, 1.165) is 5.56 Å². The second-order valence-corrected chi connectivity index (χ2v) is 5.46. The summed E-state index contributed by atoms with van der Waals surface area (Å²) in [5.41, 5.74) is 0.762. The van der Waals surface area contributed by atoms with Crippen LogP contribution in [0.15, 0.2) is 53.3 Å². The minimum absolute atomic E-state index is 0.221. The summed E-state index contributed by atoms with van der Waals surface area (Å²) in [6.45, 7) is 1.87. The Balaban J connectivity index is 1.69. The summed E-state index contributed by atoms with van der Waals surface area (Å²) in [7, 11) is 0. The van der Waals surface area contributed by atoms with Gasteiger partial charge in [0.15, 0.2) is 17.3 Å². The van der Waals surface area contributed by atoms with Crippen LogP contribution in [0.2, 0.25) is 0 Å². The Morgan fingerprint density at radius 1 is 1.13 bits per heavy atom. The van der Waals surface area contributed by atoms with E-state index in [-0.39, 0.29) is 6.79 Å². The van der Waals surface area contributed by atoms with Gasteiger partial charge < -0.3 is 19.1 Å². The van der Waals surface area contributed by atoms with Gasteiger partial charge in [-0.05, 0) is 31.2 Å². The average Bonchev–Trinajstić information content (AvgIpc) is 3.24. The highest BCUT2D eigenvalue weighted by atomic mass is 16.7. The zero-order valence-electron chi connectivity index (χ0n) is 12.4. The smallest absolute Gasteiger partial charge is 0.231 e. The second kappa shape index (κ2) is 5.10. The van der Waals surface area contributed by atoms with Crippen LogP contribution in [-0.4, -0.2) is 22.0 Å². The number of nitrogens with zero attached hydrogens (tertiary/aromatic N) is 2. The summed E-state index contributed by atoms with van der Waals surface area (Å²) in [6.07, 6.45) is 3.25. The van der Waals surface area contributed by atoms with E-state index in [1.807, 2.05) is 18.2 Å². The first-order valence-corrected chi connectivity index (χ1v) is 7.15. The summed E-state index contributed by atoms with van der Waals surface area (Å²) >= 11 is 0. The van der Waals surface area contributed by atoms with E-state index in [9.17, 15) is 5.11 Å². The molecule has 0 aliphatic carbocycles. The number of benzene rings is 1. The number of ether oxygens (including phenoxy) is 2.